The Hall–Kier alpha value is -9.16. The summed E-state index contributed by atoms with van der Waals surface area (Å²) < 4.78 is 0. The van der Waals surface area contributed by atoms with Gasteiger partial charge in [0.15, 0.2) is 23.1 Å². The number of hydrogen-bond donors (Lipinski definition) is 4. The van der Waals surface area contributed by atoms with E-state index in [9.17, 15) is 34.5 Å². The molecule has 0 aliphatic heterocycles. The maximum Gasteiger partial charge on any atom is 0.162 e. The molecule has 0 bridgehead atoms. The Morgan fingerprint density at radius 2 is 0.604 bits per heavy atom. The normalized spacial score (nSPS) is 11.3. The SMILES string of the molecule is CC(=O)C=C(C)O.CC(C)C(=O)C=C(O)C(C)C.CC(C)CC(=O)C=C(O)CC(C)C.CCC(CC)C(=O)C=C(O)C(CC)CC.Cc1[c-]c(-c2ccc3cc(C(C)C)ccc3n2)cc(C)c1.Cc1[c-]c(-c2ccc3cc(C(C)C)ccc3n2)cc(C)c1.Cc1[c-]c(-c2ccc3cc(C(C)C)ccc3n2)cc(C)c1.Cc1[c-]c(-c2ccc3ccc(C(C)C)cc3n2)cc(C)c1.[Ir].[Ir].[Ir].[Ir]. The molecule has 0 saturated heterocycles. The molecule has 0 spiro atoms. The number of aryl methyl sites for hydroxylation is 8. The van der Waals surface area contributed by atoms with E-state index in [0.717, 1.165) is 115 Å². The Kier molecular flexibility index (Phi) is 56.0. The molecule has 728 valence electrons. The molecule has 134 heavy (non-hydrogen) atoms. The summed E-state index contributed by atoms with van der Waals surface area (Å²) in [6.45, 7) is 60.7. The Morgan fingerprint density at radius 3 is 0.873 bits per heavy atom. The van der Waals surface area contributed by atoms with E-state index in [1.165, 1.54) is 104 Å². The molecule has 0 aliphatic carbocycles. The van der Waals surface area contributed by atoms with Gasteiger partial charge in [-0.2, -0.15) is 0 Å². The molecule has 4 heterocycles. The van der Waals surface area contributed by atoms with Crippen LogP contribution in [-0.4, -0.2) is 63.5 Å². The van der Waals surface area contributed by atoms with Crippen LogP contribution in [0.15, 0.2) is 217 Å². The summed E-state index contributed by atoms with van der Waals surface area (Å²) in [5, 5.41) is 41.4. The summed E-state index contributed by atoms with van der Waals surface area (Å²) in [5.74, 6) is 3.78. The molecule has 0 fully saturated rings. The monoisotopic (exact) mass is 2520 g/mol. The molecule has 12 nitrogen and oxygen atoms in total. The number of fused-ring (bicyclic) bond motifs is 4. The van der Waals surface area contributed by atoms with Crippen LogP contribution in [0, 0.1) is 115 Å². The van der Waals surface area contributed by atoms with Crippen molar-refractivity contribution in [2.45, 2.75) is 270 Å². The summed E-state index contributed by atoms with van der Waals surface area (Å²) in [7, 11) is 0. The molecule has 0 aliphatic rings. The van der Waals surface area contributed by atoms with E-state index < -0.39 is 0 Å². The molecule has 4 aromatic heterocycles. The van der Waals surface area contributed by atoms with E-state index in [1.54, 1.807) is 0 Å². The van der Waals surface area contributed by atoms with Crippen molar-refractivity contribution in [1.29, 1.82) is 0 Å². The van der Waals surface area contributed by atoms with Crippen LogP contribution < -0.4 is 0 Å². The van der Waals surface area contributed by atoms with Crippen LogP contribution in [0.4, 0.5) is 0 Å². The third kappa shape index (κ3) is 42.6. The number of aromatic nitrogens is 4. The molecule has 4 N–H and O–H groups in total. The molecule has 0 unspecified atom stereocenters. The minimum Gasteiger partial charge on any atom is -0.512 e. The van der Waals surface area contributed by atoms with Gasteiger partial charge in [-0.05, 0) is 184 Å². The fourth-order valence-corrected chi connectivity index (χ4v) is 14.4. The fourth-order valence-electron chi connectivity index (χ4n) is 14.4. The molecule has 0 amide bonds. The van der Waals surface area contributed by atoms with Gasteiger partial charge in [0, 0.05) is 141 Å². The smallest absolute Gasteiger partial charge is 0.162 e. The van der Waals surface area contributed by atoms with Crippen LogP contribution >= 0.6 is 0 Å². The summed E-state index contributed by atoms with van der Waals surface area (Å²) in [6.07, 6.45) is 9.85. The average molecular weight is 2520 g/mol. The van der Waals surface area contributed by atoms with E-state index >= 15 is 0 Å². The van der Waals surface area contributed by atoms with Crippen molar-refractivity contribution in [3.05, 3.63) is 308 Å². The quantitative estimate of drug-likeness (QED) is 0.0254. The number of carbonyl (C=O) groups excluding carboxylic acids is 4. The third-order valence-corrected chi connectivity index (χ3v) is 21.7. The van der Waals surface area contributed by atoms with Crippen molar-refractivity contribution in [1.82, 2.24) is 19.9 Å². The first-order valence-electron chi connectivity index (χ1n) is 46.6. The van der Waals surface area contributed by atoms with Crippen molar-refractivity contribution < 1.29 is 120 Å². The average Bonchev–Trinajstić information content (AvgIpc) is 0.816. The largest absolute Gasteiger partial charge is 0.512 e. The minimum atomic E-state index is -0.125. The summed E-state index contributed by atoms with van der Waals surface area (Å²) in [6, 6.07) is 73.9. The summed E-state index contributed by atoms with van der Waals surface area (Å²) in [5.41, 5.74) is 27.5. The van der Waals surface area contributed by atoms with Crippen molar-refractivity contribution in [2.75, 3.05) is 0 Å². The van der Waals surface area contributed by atoms with Gasteiger partial charge in [-0.3, -0.25) is 39.1 Å². The molecule has 0 atom stereocenters. The number of allylic oxidation sites excluding steroid dienone is 8. The molecular weight excluding hydrogens is 2370 g/mol. The standard InChI is InChI=1S/4C20H20N.C13H24O2.C11H20O2.C9H16O2.C5H8O2.4Ir/c3*1-13(2)16-5-7-19-17(12-16)6-8-20(21-19)18-10-14(3)9-15(4)11-18;1-13(2)17-6-5-16-7-8-19(21-20(16)12-17)18-10-14(3)9-15(4)11-18;1-5-10(6-2)12(14)9-13(15)11(7-3)8-4;1-8(2)5-10(12)7-11(13)6-9(3)4;1-6(2)8(10)5-9(11)7(3)4;1-4(6)3-5(2)7;;;;/h4*5-10,12-13H,1-4H3;9-11,14H,5-8H2,1-4H3;7-9,12H,5-6H2,1-4H3;5-7,10H,1-4H3;3,6H,1-2H3;;;;/q4*-1;;;;;;;;. The van der Waals surface area contributed by atoms with Crippen LogP contribution in [0.25, 0.3) is 88.6 Å². The maximum absolute atomic E-state index is 11.7. The predicted octanol–water partition coefficient (Wildman–Crippen LogP) is 32.1. The minimum absolute atomic E-state index is 0. The number of ketones is 4. The molecule has 4 radical (unpaired) electrons. The Balaban J connectivity index is 0.000000777. The number of nitrogens with zero attached hydrogens (tertiary/aromatic N) is 4. The molecule has 12 rings (SSSR count). The van der Waals surface area contributed by atoms with Gasteiger partial charge in [-0.25, -0.2) is 0 Å². The van der Waals surface area contributed by atoms with Crippen molar-refractivity contribution in [3.63, 3.8) is 0 Å². The number of benzene rings is 8. The van der Waals surface area contributed by atoms with E-state index in [2.05, 4.69) is 305 Å². The molecule has 0 saturated carbocycles. The van der Waals surface area contributed by atoms with Gasteiger partial charge in [0.05, 0.1) is 45.1 Å². The van der Waals surface area contributed by atoms with E-state index in [0.29, 0.717) is 48.3 Å². The van der Waals surface area contributed by atoms with Gasteiger partial charge in [-0.15, -0.1) is 140 Å². The van der Waals surface area contributed by atoms with Crippen LogP contribution in [0.1, 0.15) is 281 Å². The van der Waals surface area contributed by atoms with Crippen LogP contribution in [0.3, 0.4) is 0 Å². The van der Waals surface area contributed by atoms with E-state index in [4.69, 9.17) is 25.0 Å². The zero-order chi connectivity index (χ0) is 97.1. The van der Waals surface area contributed by atoms with Crippen LogP contribution in [0.2, 0.25) is 0 Å². The fraction of sp³-hybridized carbons (Fsp3) is 0.390. The number of aliphatic hydroxyl groups is 4. The van der Waals surface area contributed by atoms with Crippen molar-refractivity contribution in [2.24, 2.45) is 35.5 Å². The number of pyridine rings is 4. The molecule has 8 aromatic carbocycles. The second-order valence-electron chi connectivity index (χ2n) is 37.2. The van der Waals surface area contributed by atoms with Crippen molar-refractivity contribution in [3.8, 4) is 45.0 Å². The summed E-state index contributed by atoms with van der Waals surface area (Å²) >= 11 is 0. The van der Waals surface area contributed by atoms with Crippen LogP contribution in [0.5, 0.6) is 0 Å². The first-order chi connectivity index (χ1) is 61.2. The zero-order valence-corrected chi connectivity index (χ0v) is 94.6. The molecule has 12 aromatic rings. The first-order valence-corrected chi connectivity index (χ1v) is 46.6. The van der Waals surface area contributed by atoms with Gasteiger partial charge in [-0.1, -0.05) is 273 Å². The second-order valence-corrected chi connectivity index (χ2v) is 37.2. The molecular formula is C118H148Ir4N4O8-4. The van der Waals surface area contributed by atoms with Gasteiger partial charge >= 0.3 is 0 Å². The van der Waals surface area contributed by atoms with Crippen LogP contribution in [-0.2, 0) is 99.6 Å². The van der Waals surface area contributed by atoms with Gasteiger partial charge < -0.3 is 20.4 Å². The molecule has 16 heteroatoms. The summed E-state index contributed by atoms with van der Waals surface area (Å²) in [4.78, 5) is 63.2. The Morgan fingerprint density at radius 1 is 0.313 bits per heavy atom. The van der Waals surface area contributed by atoms with E-state index in [-0.39, 0.29) is 150 Å². The Labute approximate surface area is 858 Å². The Bertz CT molecular complexity index is 5470. The van der Waals surface area contributed by atoms with E-state index in [1.807, 2.05) is 83.1 Å². The third-order valence-electron chi connectivity index (χ3n) is 21.7. The topological polar surface area (TPSA) is 201 Å². The zero-order valence-electron chi connectivity index (χ0n) is 85.0. The van der Waals surface area contributed by atoms with Gasteiger partial charge in [0.1, 0.15) is 0 Å². The van der Waals surface area contributed by atoms with Gasteiger partial charge in [0.2, 0.25) is 0 Å². The number of aliphatic hydroxyl groups excluding tert-OH is 4. The first kappa shape index (κ1) is 123. The predicted molar refractivity (Wildman–Crippen MR) is 549 cm³/mol. The number of hydrogen-bond acceptors (Lipinski definition) is 12. The van der Waals surface area contributed by atoms with Crippen molar-refractivity contribution >= 4 is 66.7 Å². The number of rotatable bonds is 24. The second kappa shape index (κ2) is 61.1. The maximum atomic E-state index is 11.7. The number of carbonyl (C=O) groups is 4. The van der Waals surface area contributed by atoms with Gasteiger partial charge in [0.25, 0.3) is 0 Å².